The van der Waals surface area contributed by atoms with E-state index in [1.165, 1.54) is 25.0 Å². The topological polar surface area (TPSA) is 21.3 Å². The molecule has 1 unspecified atom stereocenters. The maximum Gasteiger partial charge on any atom is 0.123 e. The minimum Gasteiger partial charge on any atom is -0.380 e. The van der Waals surface area contributed by atoms with Crippen LogP contribution < -0.4 is 5.32 Å². The Bertz CT molecular complexity index is 348. The van der Waals surface area contributed by atoms with Crippen molar-refractivity contribution in [2.24, 2.45) is 5.92 Å². The molecule has 0 heterocycles. The summed E-state index contributed by atoms with van der Waals surface area (Å²) >= 11 is 0. The molecule has 0 saturated heterocycles. The van der Waals surface area contributed by atoms with Crippen molar-refractivity contribution in [1.29, 1.82) is 0 Å². The van der Waals surface area contributed by atoms with Crippen molar-refractivity contribution >= 4 is 0 Å². The minimum atomic E-state index is -0.173. The third-order valence-corrected chi connectivity index (χ3v) is 3.24. The number of benzene rings is 1. The predicted octanol–water partition coefficient (Wildman–Crippen LogP) is 2.77. The molecule has 1 aliphatic carbocycles. The van der Waals surface area contributed by atoms with Gasteiger partial charge in [-0.3, -0.25) is 0 Å². The van der Waals surface area contributed by atoms with E-state index in [0.29, 0.717) is 6.04 Å². The van der Waals surface area contributed by atoms with Gasteiger partial charge < -0.3 is 10.1 Å². The first-order chi connectivity index (χ1) is 8.74. The zero-order chi connectivity index (χ0) is 12.8. The fourth-order valence-electron chi connectivity index (χ4n) is 1.96. The highest BCUT2D eigenvalue weighted by atomic mass is 19.1. The lowest BCUT2D eigenvalue weighted by atomic mass is 10.1. The van der Waals surface area contributed by atoms with Crippen molar-refractivity contribution in [1.82, 2.24) is 5.32 Å². The molecule has 0 radical (unpaired) electrons. The maximum atomic E-state index is 12.7. The van der Waals surface area contributed by atoms with Gasteiger partial charge in [0, 0.05) is 19.2 Å². The van der Waals surface area contributed by atoms with E-state index in [2.05, 4.69) is 12.2 Å². The smallest absolute Gasteiger partial charge is 0.123 e. The van der Waals surface area contributed by atoms with Crippen molar-refractivity contribution in [3.8, 4) is 0 Å². The molecular formula is C15H22FNO. The molecule has 3 heteroatoms. The molecule has 1 N–H and O–H groups in total. The first-order valence-electron chi connectivity index (χ1n) is 6.79. The third-order valence-electron chi connectivity index (χ3n) is 3.24. The molecule has 0 aromatic heterocycles. The standard InChI is InChI=1S/C15H22FNO/c1-12(10-13-4-6-15(16)7-5-13)17-8-9-18-11-14-2-3-14/h4-7,12,14,17H,2-3,8-11H2,1H3. The monoisotopic (exact) mass is 251 g/mol. The van der Waals surface area contributed by atoms with E-state index in [1.54, 1.807) is 0 Å². The Hall–Kier alpha value is -0.930. The van der Waals surface area contributed by atoms with Gasteiger partial charge in [0.1, 0.15) is 5.82 Å². The second-order valence-electron chi connectivity index (χ2n) is 5.20. The molecule has 18 heavy (non-hydrogen) atoms. The van der Waals surface area contributed by atoms with Gasteiger partial charge in [-0.1, -0.05) is 12.1 Å². The van der Waals surface area contributed by atoms with Crippen LogP contribution in [0.25, 0.3) is 0 Å². The van der Waals surface area contributed by atoms with E-state index in [4.69, 9.17) is 4.74 Å². The predicted molar refractivity (Wildman–Crippen MR) is 71.1 cm³/mol. The van der Waals surface area contributed by atoms with Gasteiger partial charge in [0.2, 0.25) is 0 Å². The SMILES string of the molecule is CC(Cc1ccc(F)cc1)NCCOCC1CC1. The van der Waals surface area contributed by atoms with Crippen LogP contribution in [0.5, 0.6) is 0 Å². The van der Waals surface area contributed by atoms with E-state index in [1.807, 2.05) is 12.1 Å². The average Bonchev–Trinajstić information content (AvgIpc) is 3.16. The second kappa shape index (κ2) is 6.86. The Morgan fingerprint density at radius 1 is 1.33 bits per heavy atom. The van der Waals surface area contributed by atoms with Crippen molar-refractivity contribution in [3.63, 3.8) is 0 Å². The van der Waals surface area contributed by atoms with Gasteiger partial charge in [-0.25, -0.2) is 4.39 Å². The molecule has 100 valence electrons. The summed E-state index contributed by atoms with van der Waals surface area (Å²) in [6, 6.07) is 7.11. The first kappa shape index (κ1) is 13.5. The van der Waals surface area contributed by atoms with Gasteiger partial charge in [-0.05, 0) is 49.8 Å². The van der Waals surface area contributed by atoms with Crippen LogP contribution in [0.15, 0.2) is 24.3 Å². The summed E-state index contributed by atoms with van der Waals surface area (Å²) in [5, 5.41) is 3.42. The maximum absolute atomic E-state index is 12.7. The van der Waals surface area contributed by atoms with Crippen molar-refractivity contribution in [2.75, 3.05) is 19.8 Å². The summed E-state index contributed by atoms with van der Waals surface area (Å²) in [4.78, 5) is 0. The molecule has 0 bridgehead atoms. The molecule has 1 aromatic carbocycles. The zero-order valence-electron chi connectivity index (χ0n) is 11.0. The molecule has 1 aliphatic rings. The van der Waals surface area contributed by atoms with Crippen molar-refractivity contribution in [2.45, 2.75) is 32.2 Å². The molecule has 2 rings (SSSR count). The fraction of sp³-hybridized carbons (Fsp3) is 0.600. The molecule has 1 atom stereocenters. The highest BCUT2D eigenvalue weighted by Gasteiger charge is 2.20. The Morgan fingerprint density at radius 2 is 2.06 bits per heavy atom. The summed E-state index contributed by atoms with van der Waals surface area (Å²) in [5.41, 5.74) is 1.16. The van der Waals surface area contributed by atoms with Crippen LogP contribution in [0.2, 0.25) is 0 Å². The lowest BCUT2D eigenvalue weighted by Gasteiger charge is -2.14. The highest BCUT2D eigenvalue weighted by molar-refractivity contribution is 5.16. The molecule has 0 aliphatic heterocycles. The van der Waals surface area contributed by atoms with Gasteiger partial charge >= 0.3 is 0 Å². The van der Waals surface area contributed by atoms with Crippen molar-refractivity contribution in [3.05, 3.63) is 35.6 Å². The summed E-state index contributed by atoms with van der Waals surface area (Å²) < 4.78 is 18.3. The number of ether oxygens (including phenoxy) is 1. The van der Waals surface area contributed by atoms with Crippen LogP contribution in [0.4, 0.5) is 4.39 Å². The number of hydrogen-bond donors (Lipinski definition) is 1. The Labute approximate surface area is 109 Å². The normalized spacial score (nSPS) is 16.8. The molecule has 1 aromatic rings. The third kappa shape index (κ3) is 5.15. The van der Waals surface area contributed by atoms with Crippen LogP contribution in [-0.4, -0.2) is 25.8 Å². The molecular weight excluding hydrogens is 229 g/mol. The lowest BCUT2D eigenvalue weighted by molar-refractivity contribution is 0.124. The van der Waals surface area contributed by atoms with E-state index in [9.17, 15) is 4.39 Å². The Morgan fingerprint density at radius 3 is 2.72 bits per heavy atom. The molecule has 2 nitrogen and oxygen atoms in total. The Kier molecular flexibility index (Phi) is 5.14. The van der Waals surface area contributed by atoms with Crippen LogP contribution in [0.1, 0.15) is 25.3 Å². The summed E-state index contributed by atoms with van der Waals surface area (Å²) in [7, 11) is 0. The highest BCUT2D eigenvalue weighted by Crippen LogP contribution is 2.28. The molecule has 0 spiro atoms. The van der Waals surface area contributed by atoms with Crippen LogP contribution >= 0.6 is 0 Å². The summed E-state index contributed by atoms with van der Waals surface area (Å²) in [6.45, 7) is 4.73. The fourth-order valence-corrected chi connectivity index (χ4v) is 1.96. The van der Waals surface area contributed by atoms with Gasteiger partial charge in [0.15, 0.2) is 0 Å². The van der Waals surface area contributed by atoms with E-state index in [0.717, 1.165) is 37.7 Å². The number of rotatable bonds is 8. The summed E-state index contributed by atoms with van der Waals surface area (Å²) in [6.07, 6.45) is 3.60. The first-order valence-corrected chi connectivity index (χ1v) is 6.79. The molecule has 0 amide bonds. The lowest BCUT2D eigenvalue weighted by Crippen LogP contribution is -2.31. The van der Waals surface area contributed by atoms with Gasteiger partial charge in [0.05, 0.1) is 6.61 Å². The van der Waals surface area contributed by atoms with Gasteiger partial charge in [0.25, 0.3) is 0 Å². The Balaban J connectivity index is 1.56. The number of halogens is 1. The van der Waals surface area contributed by atoms with E-state index >= 15 is 0 Å². The quantitative estimate of drug-likeness (QED) is 0.717. The minimum absolute atomic E-state index is 0.173. The number of nitrogens with one attached hydrogen (secondary N) is 1. The second-order valence-corrected chi connectivity index (χ2v) is 5.20. The van der Waals surface area contributed by atoms with Crippen LogP contribution in [0, 0.1) is 11.7 Å². The van der Waals surface area contributed by atoms with Gasteiger partial charge in [-0.15, -0.1) is 0 Å². The average molecular weight is 251 g/mol. The van der Waals surface area contributed by atoms with Gasteiger partial charge in [-0.2, -0.15) is 0 Å². The zero-order valence-corrected chi connectivity index (χ0v) is 11.0. The largest absolute Gasteiger partial charge is 0.380 e. The van der Waals surface area contributed by atoms with Crippen molar-refractivity contribution < 1.29 is 9.13 Å². The molecule has 1 fully saturated rings. The molecule has 1 saturated carbocycles. The summed E-state index contributed by atoms with van der Waals surface area (Å²) in [5.74, 6) is 0.662. The van der Waals surface area contributed by atoms with E-state index < -0.39 is 0 Å². The van der Waals surface area contributed by atoms with E-state index in [-0.39, 0.29) is 5.82 Å². The number of hydrogen-bond acceptors (Lipinski definition) is 2. The van der Waals surface area contributed by atoms with Crippen LogP contribution in [0.3, 0.4) is 0 Å². The van der Waals surface area contributed by atoms with Crippen LogP contribution in [-0.2, 0) is 11.2 Å².